The van der Waals surface area contributed by atoms with Crippen molar-refractivity contribution in [1.29, 1.82) is 0 Å². The van der Waals surface area contributed by atoms with Crippen LogP contribution in [0, 0.1) is 5.82 Å². The molecule has 26 heavy (non-hydrogen) atoms. The molecule has 0 bridgehead atoms. The van der Waals surface area contributed by atoms with Crippen LogP contribution in [0.2, 0.25) is 5.02 Å². The normalized spacial score (nSPS) is 14.3. The van der Waals surface area contributed by atoms with Crippen LogP contribution in [0.4, 0.5) is 4.39 Å². The van der Waals surface area contributed by atoms with Gasteiger partial charge in [-0.05, 0) is 24.3 Å². The lowest BCUT2D eigenvalue weighted by atomic mass is 9.98. The third-order valence-electron chi connectivity index (χ3n) is 4.33. The number of pyridine rings is 1. The molecule has 0 spiro atoms. The van der Waals surface area contributed by atoms with Crippen LogP contribution in [0.5, 0.6) is 0 Å². The highest BCUT2D eigenvalue weighted by Gasteiger charge is 2.36. The molecule has 6 nitrogen and oxygen atoms in total. The molecular weight excluding hydrogens is 359 g/mol. The number of hydrogen-bond acceptors (Lipinski definition) is 5. The van der Waals surface area contributed by atoms with E-state index in [1.54, 1.807) is 29.4 Å². The van der Waals surface area contributed by atoms with Gasteiger partial charge in [-0.2, -0.15) is 4.98 Å². The molecule has 3 aromatic rings. The van der Waals surface area contributed by atoms with Crippen LogP contribution >= 0.6 is 11.6 Å². The Hall–Kier alpha value is -2.80. The molecule has 1 aliphatic heterocycles. The number of nitrogens with zero attached hydrogens (tertiary/aromatic N) is 4. The molecule has 3 heterocycles. The Morgan fingerprint density at radius 2 is 2.15 bits per heavy atom. The first-order valence-corrected chi connectivity index (χ1v) is 8.44. The molecule has 0 radical (unpaired) electrons. The van der Waals surface area contributed by atoms with Gasteiger partial charge in [0.25, 0.3) is 0 Å². The first kappa shape index (κ1) is 16.7. The average Bonchev–Trinajstić information content (AvgIpc) is 3.07. The zero-order chi connectivity index (χ0) is 18.1. The molecule has 1 amide bonds. The summed E-state index contributed by atoms with van der Waals surface area (Å²) in [7, 11) is 0. The van der Waals surface area contributed by atoms with Gasteiger partial charge in [0.05, 0.1) is 12.3 Å². The fraction of sp³-hybridized carbons (Fsp3) is 0.222. The first-order chi connectivity index (χ1) is 12.6. The number of halogens is 2. The van der Waals surface area contributed by atoms with Crippen molar-refractivity contribution >= 4 is 17.5 Å². The zero-order valence-electron chi connectivity index (χ0n) is 13.6. The molecule has 0 N–H and O–H groups in total. The van der Waals surface area contributed by atoms with E-state index >= 15 is 0 Å². The minimum Gasteiger partial charge on any atom is -0.341 e. The number of rotatable bonds is 4. The Balaban J connectivity index is 1.38. The summed E-state index contributed by atoms with van der Waals surface area (Å²) in [4.78, 5) is 22.3. The number of amides is 1. The number of likely N-dealkylation sites (tertiary alicyclic amines) is 1. The summed E-state index contributed by atoms with van der Waals surface area (Å²) in [6.45, 7) is 0.916. The number of carbonyl (C=O) groups is 1. The lowest BCUT2D eigenvalue weighted by Gasteiger charge is -2.37. The summed E-state index contributed by atoms with van der Waals surface area (Å²) in [6.07, 6.45) is 3.26. The Morgan fingerprint density at radius 3 is 2.88 bits per heavy atom. The predicted molar refractivity (Wildman–Crippen MR) is 92.0 cm³/mol. The van der Waals surface area contributed by atoms with Gasteiger partial charge in [0.2, 0.25) is 17.6 Å². The van der Waals surface area contributed by atoms with E-state index in [0.29, 0.717) is 24.8 Å². The summed E-state index contributed by atoms with van der Waals surface area (Å²) in [5, 5.41) is 4.21. The molecule has 2 aromatic heterocycles. The van der Waals surface area contributed by atoms with Crippen LogP contribution in [-0.2, 0) is 11.2 Å². The van der Waals surface area contributed by atoms with Gasteiger partial charge in [-0.15, -0.1) is 0 Å². The smallest absolute Gasteiger partial charge is 0.233 e. The number of hydrogen-bond donors (Lipinski definition) is 0. The van der Waals surface area contributed by atoms with Crippen LogP contribution < -0.4 is 0 Å². The molecular formula is C18H14ClFN4O2. The molecule has 0 aliphatic carbocycles. The Bertz CT molecular complexity index is 921. The molecule has 1 aliphatic rings. The molecule has 1 fully saturated rings. The van der Waals surface area contributed by atoms with Gasteiger partial charge in [0.1, 0.15) is 5.82 Å². The van der Waals surface area contributed by atoms with Crippen LogP contribution in [0.15, 0.2) is 47.2 Å². The van der Waals surface area contributed by atoms with Gasteiger partial charge < -0.3 is 9.42 Å². The van der Waals surface area contributed by atoms with Gasteiger partial charge in [-0.1, -0.05) is 22.8 Å². The first-order valence-electron chi connectivity index (χ1n) is 8.06. The maximum absolute atomic E-state index is 13.8. The van der Waals surface area contributed by atoms with Crippen LogP contribution in [0.1, 0.15) is 17.4 Å². The average molecular weight is 373 g/mol. The molecule has 0 saturated carbocycles. The van der Waals surface area contributed by atoms with E-state index in [1.165, 1.54) is 12.1 Å². The van der Waals surface area contributed by atoms with Gasteiger partial charge in [0, 0.05) is 41.6 Å². The van der Waals surface area contributed by atoms with E-state index in [9.17, 15) is 9.18 Å². The van der Waals surface area contributed by atoms with Crippen molar-refractivity contribution in [1.82, 2.24) is 20.0 Å². The highest BCUT2D eigenvalue weighted by atomic mass is 35.5. The van der Waals surface area contributed by atoms with Crippen molar-refractivity contribution in [3.8, 4) is 11.4 Å². The monoisotopic (exact) mass is 372 g/mol. The molecule has 1 aromatic carbocycles. The zero-order valence-corrected chi connectivity index (χ0v) is 14.4. The predicted octanol–water partition coefficient (Wildman–Crippen LogP) is 3.09. The SMILES string of the molecule is O=C(Cc1c(F)cccc1Cl)N1CC(c2nc(-c3cccnc3)no2)C1. The van der Waals surface area contributed by atoms with Crippen molar-refractivity contribution in [3.63, 3.8) is 0 Å². The molecule has 132 valence electrons. The number of carbonyl (C=O) groups excluding carboxylic acids is 1. The van der Waals surface area contributed by atoms with Crippen molar-refractivity contribution in [2.45, 2.75) is 12.3 Å². The van der Waals surface area contributed by atoms with Gasteiger partial charge in [-0.25, -0.2) is 4.39 Å². The van der Waals surface area contributed by atoms with Gasteiger partial charge in [0.15, 0.2) is 0 Å². The summed E-state index contributed by atoms with van der Waals surface area (Å²) in [5.74, 6) is 0.280. The lowest BCUT2D eigenvalue weighted by Crippen LogP contribution is -2.49. The molecule has 0 atom stereocenters. The number of benzene rings is 1. The topological polar surface area (TPSA) is 72.1 Å². The Kier molecular flexibility index (Phi) is 4.38. The Morgan fingerprint density at radius 1 is 1.31 bits per heavy atom. The van der Waals surface area contributed by atoms with E-state index in [0.717, 1.165) is 5.56 Å². The second kappa shape index (κ2) is 6.84. The molecule has 8 heteroatoms. The standard InChI is InChI=1S/C18H14ClFN4O2/c19-14-4-1-5-15(20)13(14)7-16(25)24-9-12(10-24)18-22-17(23-26-18)11-3-2-6-21-8-11/h1-6,8,12H,7,9-10H2. The van der Waals surface area contributed by atoms with Crippen molar-refractivity contribution in [3.05, 3.63) is 65.0 Å². The van der Waals surface area contributed by atoms with Crippen LogP contribution in [-0.4, -0.2) is 39.0 Å². The molecule has 1 saturated heterocycles. The quantitative estimate of drug-likeness (QED) is 0.703. The fourth-order valence-electron chi connectivity index (χ4n) is 2.82. The second-order valence-corrected chi connectivity index (χ2v) is 6.48. The van der Waals surface area contributed by atoms with Crippen molar-refractivity contribution in [2.24, 2.45) is 0 Å². The van der Waals surface area contributed by atoms with Gasteiger partial charge >= 0.3 is 0 Å². The van der Waals surface area contributed by atoms with Crippen LogP contribution in [0.25, 0.3) is 11.4 Å². The second-order valence-electron chi connectivity index (χ2n) is 6.07. The summed E-state index contributed by atoms with van der Waals surface area (Å²) in [6, 6.07) is 8.02. The minimum absolute atomic E-state index is 0.0204. The molecule has 4 rings (SSSR count). The molecule has 0 unspecified atom stereocenters. The van der Waals surface area contributed by atoms with E-state index in [1.807, 2.05) is 6.07 Å². The summed E-state index contributed by atoms with van der Waals surface area (Å²) >= 11 is 5.98. The van der Waals surface area contributed by atoms with Crippen molar-refractivity contribution in [2.75, 3.05) is 13.1 Å². The highest BCUT2D eigenvalue weighted by molar-refractivity contribution is 6.31. The van der Waals surface area contributed by atoms with E-state index in [-0.39, 0.29) is 28.8 Å². The lowest BCUT2D eigenvalue weighted by molar-refractivity contribution is -0.135. The largest absolute Gasteiger partial charge is 0.341 e. The van der Waals surface area contributed by atoms with E-state index < -0.39 is 5.82 Å². The maximum Gasteiger partial charge on any atom is 0.233 e. The maximum atomic E-state index is 13.8. The van der Waals surface area contributed by atoms with E-state index in [2.05, 4.69) is 15.1 Å². The minimum atomic E-state index is -0.471. The number of aromatic nitrogens is 3. The Labute approximate surface area is 153 Å². The summed E-state index contributed by atoms with van der Waals surface area (Å²) in [5.41, 5.74) is 0.989. The fourth-order valence-corrected chi connectivity index (χ4v) is 3.05. The highest BCUT2D eigenvalue weighted by Crippen LogP contribution is 2.29. The van der Waals surface area contributed by atoms with Gasteiger partial charge in [-0.3, -0.25) is 9.78 Å². The third kappa shape index (κ3) is 3.17. The third-order valence-corrected chi connectivity index (χ3v) is 4.69. The summed E-state index contributed by atoms with van der Waals surface area (Å²) < 4.78 is 19.1. The van der Waals surface area contributed by atoms with Crippen molar-refractivity contribution < 1.29 is 13.7 Å². The van der Waals surface area contributed by atoms with Crippen LogP contribution in [0.3, 0.4) is 0 Å². The van der Waals surface area contributed by atoms with E-state index in [4.69, 9.17) is 16.1 Å².